The van der Waals surface area contributed by atoms with Gasteiger partial charge in [-0.1, -0.05) is 0 Å². The van der Waals surface area contributed by atoms with Gasteiger partial charge in [-0.25, -0.2) is 4.79 Å². The van der Waals surface area contributed by atoms with Gasteiger partial charge >= 0.3 is 64.7 Å². The molecular formula is C8H10Na2O4. The van der Waals surface area contributed by atoms with Crippen LogP contribution in [0.5, 0.6) is 5.75 Å². The number of aromatic hydroxyl groups is 1. The summed E-state index contributed by atoms with van der Waals surface area (Å²) in [5, 5.41) is 9.16. The van der Waals surface area contributed by atoms with E-state index in [2.05, 4.69) is 4.42 Å². The monoisotopic (exact) mass is 216 g/mol. The summed E-state index contributed by atoms with van der Waals surface area (Å²) in [5.41, 5.74) is -1.08. The Kier molecular flexibility index (Phi) is 8.20. The van der Waals surface area contributed by atoms with Gasteiger partial charge in [0.2, 0.25) is 0 Å². The van der Waals surface area contributed by atoms with Crippen LogP contribution >= 0.6 is 0 Å². The van der Waals surface area contributed by atoms with Crippen molar-refractivity contribution >= 4 is 64.9 Å². The Morgan fingerprint density at radius 3 is 2.29 bits per heavy atom. The molecule has 68 valence electrons. The van der Waals surface area contributed by atoms with E-state index in [0.717, 1.165) is 0 Å². The number of carbonyl (C=O) groups is 1. The second-order valence-electron chi connectivity index (χ2n) is 2.46. The normalized spacial score (nSPS) is 8.43. The van der Waals surface area contributed by atoms with Gasteiger partial charge in [-0.05, 0) is 13.8 Å². The first-order chi connectivity index (χ1) is 5.52. The third kappa shape index (κ3) is 3.88. The Labute approximate surface area is 125 Å². The fraction of sp³-hybridized carbons (Fsp3) is 0.250. The Hall–Kier alpha value is 0.420. The van der Waals surface area contributed by atoms with E-state index >= 15 is 0 Å². The molecule has 0 aromatic carbocycles. The van der Waals surface area contributed by atoms with Gasteiger partial charge in [0.25, 0.3) is 0 Å². The van der Waals surface area contributed by atoms with E-state index in [0.29, 0.717) is 0 Å². The van der Waals surface area contributed by atoms with E-state index in [4.69, 9.17) is 5.11 Å². The Balaban J connectivity index is 0. The third-order valence-electron chi connectivity index (χ3n) is 1.41. The van der Waals surface area contributed by atoms with E-state index in [1.807, 2.05) is 0 Å². The standard InChI is InChI=1S/C8H8O4.2Na.2H/c1-4-3-6(10)7(5(2)9)8(11)12-4;;;;/h3,10H,1-2H3;;;;. The van der Waals surface area contributed by atoms with Gasteiger partial charge in [0.15, 0.2) is 5.78 Å². The first-order valence-electron chi connectivity index (χ1n) is 3.37. The van der Waals surface area contributed by atoms with Crippen molar-refractivity contribution in [2.45, 2.75) is 13.8 Å². The van der Waals surface area contributed by atoms with Crippen LogP contribution < -0.4 is 5.63 Å². The minimum atomic E-state index is -0.792. The van der Waals surface area contributed by atoms with Crippen LogP contribution in [-0.4, -0.2) is 70.0 Å². The van der Waals surface area contributed by atoms with E-state index in [-0.39, 0.29) is 76.2 Å². The number of rotatable bonds is 1. The zero-order chi connectivity index (χ0) is 9.30. The molecule has 0 fully saturated rings. The molecule has 0 radical (unpaired) electrons. The zero-order valence-corrected chi connectivity index (χ0v) is 6.75. The number of aryl methyl sites for hydroxylation is 1. The van der Waals surface area contributed by atoms with Crippen molar-refractivity contribution < 1.29 is 14.3 Å². The average Bonchev–Trinajstić information content (AvgIpc) is 1.82. The topological polar surface area (TPSA) is 67.5 Å². The van der Waals surface area contributed by atoms with Gasteiger partial charge in [-0.15, -0.1) is 0 Å². The molecule has 0 aliphatic rings. The predicted octanol–water partition coefficient (Wildman–Crippen LogP) is -0.441. The molecule has 1 rings (SSSR count). The summed E-state index contributed by atoms with van der Waals surface area (Å²) in [4.78, 5) is 21.7. The molecule has 6 heteroatoms. The molecule has 1 aromatic rings. The van der Waals surface area contributed by atoms with Crippen molar-refractivity contribution in [3.05, 3.63) is 27.8 Å². The summed E-state index contributed by atoms with van der Waals surface area (Å²) in [6, 6.07) is 1.23. The fourth-order valence-corrected chi connectivity index (χ4v) is 0.920. The summed E-state index contributed by atoms with van der Waals surface area (Å²) in [7, 11) is 0. The van der Waals surface area contributed by atoms with E-state index in [1.165, 1.54) is 19.9 Å². The number of carbonyl (C=O) groups excluding carboxylic acids is 1. The molecule has 0 amide bonds. The number of Topliss-reactive ketones (excluding diaryl/α,β-unsaturated/α-hetero) is 1. The van der Waals surface area contributed by atoms with Crippen LogP contribution in [0.3, 0.4) is 0 Å². The quantitative estimate of drug-likeness (QED) is 0.510. The number of hydrogen-bond donors (Lipinski definition) is 1. The molecule has 0 bridgehead atoms. The van der Waals surface area contributed by atoms with Crippen LogP contribution in [0.1, 0.15) is 23.0 Å². The van der Waals surface area contributed by atoms with Crippen molar-refractivity contribution in [2.24, 2.45) is 0 Å². The molecule has 4 nitrogen and oxygen atoms in total. The van der Waals surface area contributed by atoms with E-state index < -0.39 is 11.4 Å². The maximum atomic E-state index is 11.0. The van der Waals surface area contributed by atoms with Gasteiger partial charge in [0, 0.05) is 6.07 Å². The van der Waals surface area contributed by atoms with Crippen molar-refractivity contribution in [2.75, 3.05) is 0 Å². The van der Waals surface area contributed by atoms with Gasteiger partial charge in [0.05, 0.1) is 0 Å². The molecule has 0 unspecified atom stereocenters. The van der Waals surface area contributed by atoms with Crippen LogP contribution in [0.2, 0.25) is 0 Å². The molecule has 0 aliphatic carbocycles. The molecule has 14 heavy (non-hydrogen) atoms. The third-order valence-corrected chi connectivity index (χ3v) is 1.41. The predicted molar refractivity (Wildman–Crippen MR) is 55.7 cm³/mol. The first-order valence-corrected chi connectivity index (χ1v) is 3.37. The molecule has 1 aromatic heterocycles. The second kappa shape index (κ2) is 6.82. The SMILES string of the molecule is CC(=O)c1c(O)cc(C)oc1=O.[NaH].[NaH]. The Bertz CT molecular complexity index is 383. The molecule has 1 N–H and O–H groups in total. The number of hydrogen-bond acceptors (Lipinski definition) is 4. The van der Waals surface area contributed by atoms with Gasteiger partial charge < -0.3 is 9.52 Å². The molecular weight excluding hydrogens is 206 g/mol. The van der Waals surface area contributed by atoms with Crippen molar-refractivity contribution in [1.82, 2.24) is 0 Å². The van der Waals surface area contributed by atoms with E-state index in [1.54, 1.807) is 0 Å². The van der Waals surface area contributed by atoms with Crippen molar-refractivity contribution in [3.8, 4) is 5.75 Å². The minimum absolute atomic E-state index is 0. The van der Waals surface area contributed by atoms with Gasteiger partial charge in [-0.3, -0.25) is 4.79 Å². The Morgan fingerprint density at radius 2 is 1.93 bits per heavy atom. The van der Waals surface area contributed by atoms with Crippen LogP contribution in [0.15, 0.2) is 15.3 Å². The van der Waals surface area contributed by atoms with Crippen LogP contribution in [-0.2, 0) is 0 Å². The molecule has 1 heterocycles. The first kappa shape index (κ1) is 16.8. The molecule has 0 atom stereocenters. The molecule has 0 aliphatic heterocycles. The van der Waals surface area contributed by atoms with Crippen LogP contribution in [0, 0.1) is 6.92 Å². The Morgan fingerprint density at radius 1 is 1.43 bits per heavy atom. The summed E-state index contributed by atoms with van der Waals surface area (Å²) in [6.45, 7) is 2.71. The molecule has 0 spiro atoms. The van der Waals surface area contributed by atoms with Gasteiger partial charge in [0.1, 0.15) is 17.1 Å². The average molecular weight is 216 g/mol. The second-order valence-corrected chi connectivity index (χ2v) is 2.46. The maximum absolute atomic E-state index is 11.0. The summed E-state index contributed by atoms with van der Waals surface area (Å²) >= 11 is 0. The molecule has 0 saturated carbocycles. The summed E-state index contributed by atoms with van der Waals surface area (Å²) < 4.78 is 4.61. The van der Waals surface area contributed by atoms with Crippen molar-refractivity contribution in [1.29, 1.82) is 0 Å². The number of ketones is 1. The van der Waals surface area contributed by atoms with Crippen LogP contribution in [0.25, 0.3) is 0 Å². The fourth-order valence-electron chi connectivity index (χ4n) is 0.920. The van der Waals surface area contributed by atoms with Gasteiger partial charge in [-0.2, -0.15) is 0 Å². The van der Waals surface area contributed by atoms with Crippen LogP contribution in [0.4, 0.5) is 0 Å². The van der Waals surface area contributed by atoms with E-state index in [9.17, 15) is 9.59 Å². The summed E-state index contributed by atoms with van der Waals surface area (Å²) in [5.74, 6) is -0.542. The molecule has 0 saturated heterocycles. The zero-order valence-electron chi connectivity index (χ0n) is 6.75. The summed E-state index contributed by atoms with van der Waals surface area (Å²) in [6.07, 6.45) is 0. The van der Waals surface area contributed by atoms with Crippen molar-refractivity contribution in [3.63, 3.8) is 0 Å².